The highest BCUT2D eigenvalue weighted by Crippen LogP contribution is 2.41. The Labute approximate surface area is 142 Å². The number of ether oxygens (including phenoxy) is 1. The minimum atomic E-state index is 0.597. The molecule has 1 heterocycles. The van der Waals surface area contributed by atoms with Gasteiger partial charge in [0.25, 0.3) is 0 Å². The van der Waals surface area contributed by atoms with E-state index >= 15 is 0 Å². The lowest BCUT2D eigenvalue weighted by Gasteiger charge is -2.18. The van der Waals surface area contributed by atoms with E-state index in [1.807, 2.05) is 6.07 Å². The van der Waals surface area contributed by atoms with Gasteiger partial charge in [-0.3, -0.25) is 0 Å². The SMILES string of the molecule is Cc1ccsc1-c1c(OCc2ccccc2)cc(C)c(C)c1C. The predicted molar refractivity (Wildman–Crippen MR) is 99.5 cm³/mol. The summed E-state index contributed by atoms with van der Waals surface area (Å²) in [6.07, 6.45) is 0. The molecule has 0 N–H and O–H groups in total. The third-order valence-corrected chi connectivity index (χ3v) is 5.48. The fourth-order valence-corrected chi connectivity index (χ4v) is 3.84. The molecule has 0 aliphatic carbocycles. The topological polar surface area (TPSA) is 9.23 Å². The number of rotatable bonds is 4. The van der Waals surface area contributed by atoms with E-state index < -0.39 is 0 Å². The van der Waals surface area contributed by atoms with Crippen LogP contribution in [0.3, 0.4) is 0 Å². The van der Waals surface area contributed by atoms with Crippen molar-refractivity contribution in [2.24, 2.45) is 0 Å². The molecule has 0 atom stereocenters. The Morgan fingerprint density at radius 2 is 1.61 bits per heavy atom. The molecule has 0 saturated heterocycles. The molecule has 3 rings (SSSR count). The molecular formula is C21H22OS. The molecule has 2 aromatic carbocycles. The zero-order valence-corrected chi connectivity index (χ0v) is 15.0. The lowest BCUT2D eigenvalue weighted by Crippen LogP contribution is -2.00. The Balaban J connectivity index is 2.03. The van der Waals surface area contributed by atoms with Crippen molar-refractivity contribution in [3.8, 4) is 16.2 Å². The highest BCUT2D eigenvalue weighted by Gasteiger charge is 2.16. The molecule has 2 heteroatoms. The molecule has 0 spiro atoms. The van der Waals surface area contributed by atoms with Gasteiger partial charge >= 0.3 is 0 Å². The molecule has 0 radical (unpaired) electrons. The molecule has 0 bridgehead atoms. The summed E-state index contributed by atoms with van der Waals surface area (Å²) in [6.45, 7) is 9.31. The standard InChI is InChI=1S/C21H22OS/c1-14-10-11-23-21(14)20-17(4)16(3)15(2)12-19(20)22-13-18-8-6-5-7-9-18/h5-12H,13H2,1-4H3. The van der Waals surface area contributed by atoms with Crippen molar-refractivity contribution in [2.75, 3.05) is 0 Å². The lowest BCUT2D eigenvalue weighted by atomic mass is 9.95. The fourth-order valence-electron chi connectivity index (χ4n) is 2.81. The van der Waals surface area contributed by atoms with Crippen LogP contribution >= 0.6 is 11.3 Å². The molecule has 0 fully saturated rings. The lowest BCUT2D eigenvalue weighted by molar-refractivity contribution is 0.307. The summed E-state index contributed by atoms with van der Waals surface area (Å²) < 4.78 is 6.23. The first-order valence-electron chi connectivity index (χ1n) is 7.90. The Kier molecular flexibility index (Phi) is 4.53. The van der Waals surface area contributed by atoms with E-state index in [0.717, 1.165) is 5.75 Å². The van der Waals surface area contributed by atoms with E-state index in [-0.39, 0.29) is 0 Å². The van der Waals surface area contributed by atoms with Gasteiger partial charge in [0, 0.05) is 10.4 Å². The number of thiophene rings is 1. The first-order valence-corrected chi connectivity index (χ1v) is 8.78. The second kappa shape index (κ2) is 6.59. The summed E-state index contributed by atoms with van der Waals surface area (Å²) >= 11 is 1.79. The Bertz CT molecular complexity index is 815. The Morgan fingerprint density at radius 3 is 2.26 bits per heavy atom. The molecule has 0 unspecified atom stereocenters. The molecule has 23 heavy (non-hydrogen) atoms. The van der Waals surface area contributed by atoms with Crippen LogP contribution in [0.5, 0.6) is 5.75 Å². The molecule has 0 aliphatic rings. The van der Waals surface area contributed by atoms with Crippen LogP contribution in [0.15, 0.2) is 47.8 Å². The number of hydrogen-bond donors (Lipinski definition) is 0. The van der Waals surface area contributed by atoms with Crippen molar-refractivity contribution >= 4 is 11.3 Å². The first-order chi connectivity index (χ1) is 11.1. The molecule has 118 valence electrons. The van der Waals surface area contributed by atoms with Gasteiger partial charge in [0.05, 0.1) is 0 Å². The summed E-state index contributed by atoms with van der Waals surface area (Å²) in [5.74, 6) is 0.986. The quantitative estimate of drug-likeness (QED) is 0.553. The van der Waals surface area contributed by atoms with Gasteiger partial charge in [-0.2, -0.15) is 0 Å². The van der Waals surface area contributed by atoms with Crippen LogP contribution in [-0.4, -0.2) is 0 Å². The fraction of sp³-hybridized carbons (Fsp3) is 0.238. The predicted octanol–water partition coefficient (Wildman–Crippen LogP) is 6.23. The molecule has 1 nitrogen and oxygen atoms in total. The zero-order valence-electron chi connectivity index (χ0n) is 14.1. The maximum absolute atomic E-state index is 6.23. The van der Waals surface area contributed by atoms with Gasteiger partial charge in [-0.15, -0.1) is 11.3 Å². The molecule has 3 aromatic rings. The van der Waals surface area contributed by atoms with Crippen LogP contribution in [0.4, 0.5) is 0 Å². The van der Waals surface area contributed by atoms with Crippen molar-refractivity contribution < 1.29 is 4.74 Å². The minimum absolute atomic E-state index is 0.597. The highest BCUT2D eigenvalue weighted by molar-refractivity contribution is 7.13. The normalized spacial score (nSPS) is 10.8. The van der Waals surface area contributed by atoms with Crippen molar-refractivity contribution in [1.29, 1.82) is 0 Å². The van der Waals surface area contributed by atoms with Crippen molar-refractivity contribution in [2.45, 2.75) is 34.3 Å². The summed E-state index contributed by atoms with van der Waals surface area (Å²) in [7, 11) is 0. The summed E-state index contributed by atoms with van der Waals surface area (Å²) in [5, 5.41) is 2.15. The van der Waals surface area contributed by atoms with Gasteiger partial charge < -0.3 is 4.74 Å². The average molecular weight is 322 g/mol. The van der Waals surface area contributed by atoms with E-state index in [2.05, 4.69) is 69.5 Å². The molecular weight excluding hydrogens is 300 g/mol. The number of benzene rings is 2. The van der Waals surface area contributed by atoms with Gasteiger partial charge in [0.1, 0.15) is 12.4 Å². The van der Waals surface area contributed by atoms with E-state index in [4.69, 9.17) is 4.74 Å². The summed E-state index contributed by atoms with van der Waals surface area (Å²) in [5.41, 5.74) is 7.70. The van der Waals surface area contributed by atoms with E-state index in [0.29, 0.717) is 6.61 Å². The van der Waals surface area contributed by atoms with Crippen LogP contribution in [0, 0.1) is 27.7 Å². The van der Waals surface area contributed by atoms with Crippen molar-refractivity contribution in [3.05, 3.63) is 75.7 Å². The monoisotopic (exact) mass is 322 g/mol. The van der Waals surface area contributed by atoms with Crippen molar-refractivity contribution in [3.63, 3.8) is 0 Å². The minimum Gasteiger partial charge on any atom is -0.488 e. The molecule has 1 aromatic heterocycles. The van der Waals surface area contributed by atoms with E-state index in [1.165, 1.54) is 38.3 Å². The van der Waals surface area contributed by atoms with Crippen LogP contribution in [0.2, 0.25) is 0 Å². The molecule has 0 amide bonds. The molecule has 0 aliphatic heterocycles. The maximum atomic E-state index is 6.23. The van der Waals surface area contributed by atoms with Crippen molar-refractivity contribution in [1.82, 2.24) is 0 Å². The number of hydrogen-bond acceptors (Lipinski definition) is 2. The second-order valence-electron chi connectivity index (χ2n) is 6.02. The van der Waals surface area contributed by atoms with Gasteiger partial charge in [-0.25, -0.2) is 0 Å². The van der Waals surface area contributed by atoms with Gasteiger partial charge in [-0.1, -0.05) is 30.3 Å². The third-order valence-electron chi connectivity index (χ3n) is 4.45. The molecule has 0 saturated carbocycles. The van der Waals surface area contributed by atoms with E-state index in [9.17, 15) is 0 Å². The smallest absolute Gasteiger partial charge is 0.129 e. The van der Waals surface area contributed by atoms with Crippen LogP contribution in [-0.2, 0) is 6.61 Å². The van der Waals surface area contributed by atoms with E-state index in [1.54, 1.807) is 11.3 Å². The van der Waals surface area contributed by atoms with Gasteiger partial charge in [0.2, 0.25) is 0 Å². The summed E-state index contributed by atoms with van der Waals surface area (Å²) in [4.78, 5) is 1.31. The summed E-state index contributed by atoms with van der Waals surface area (Å²) in [6, 6.07) is 14.7. The van der Waals surface area contributed by atoms with Gasteiger partial charge in [0.15, 0.2) is 0 Å². The van der Waals surface area contributed by atoms with Gasteiger partial charge in [-0.05, 0) is 73.0 Å². The second-order valence-corrected chi connectivity index (χ2v) is 6.94. The Hall–Kier alpha value is -2.06. The maximum Gasteiger partial charge on any atom is 0.129 e. The largest absolute Gasteiger partial charge is 0.488 e. The van der Waals surface area contributed by atoms with Crippen LogP contribution < -0.4 is 4.74 Å². The Morgan fingerprint density at radius 1 is 0.870 bits per heavy atom. The van der Waals surface area contributed by atoms with Crippen LogP contribution in [0.1, 0.15) is 27.8 Å². The average Bonchev–Trinajstić information content (AvgIpc) is 2.97. The van der Waals surface area contributed by atoms with Crippen LogP contribution in [0.25, 0.3) is 10.4 Å². The third kappa shape index (κ3) is 3.18. The highest BCUT2D eigenvalue weighted by atomic mass is 32.1. The first kappa shape index (κ1) is 15.8. The number of aryl methyl sites for hydroxylation is 2. The zero-order chi connectivity index (χ0) is 16.4.